The number of nitrogens with one attached hydrogen (secondary N) is 2. The third-order valence-corrected chi connectivity index (χ3v) is 5.16. The second kappa shape index (κ2) is 7.69. The Kier molecular flexibility index (Phi) is 5.37. The Labute approximate surface area is 150 Å². The van der Waals surface area contributed by atoms with Crippen molar-refractivity contribution in [3.05, 3.63) is 36.2 Å². The quantitative estimate of drug-likeness (QED) is 0.739. The van der Waals surface area contributed by atoms with Crippen molar-refractivity contribution in [1.29, 1.82) is 0 Å². The van der Waals surface area contributed by atoms with Gasteiger partial charge < -0.3 is 15.2 Å². The van der Waals surface area contributed by atoms with Gasteiger partial charge in [-0.3, -0.25) is 9.59 Å². The van der Waals surface area contributed by atoms with Gasteiger partial charge in [0.25, 0.3) is 5.91 Å². The smallest absolute Gasteiger partial charge is 0.251 e. The number of carbonyl (C=O) groups is 2. The van der Waals surface area contributed by atoms with Crippen molar-refractivity contribution < 1.29 is 9.59 Å². The van der Waals surface area contributed by atoms with Crippen LogP contribution in [0.5, 0.6) is 0 Å². The fraction of sp³-hybridized carbons (Fsp3) is 0.412. The molecule has 2 amide bonds. The summed E-state index contributed by atoms with van der Waals surface area (Å²) in [5.41, 5.74) is 1.26. The van der Waals surface area contributed by atoms with Gasteiger partial charge in [-0.05, 0) is 49.9 Å². The second-order valence-corrected chi connectivity index (χ2v) is 7.18. The molecule has 1 saturated carbocycles. The predicted molar refractivity (Wildman–Crippen MR) is 96.5 cm³/mol. The predicted octanol–water partition coefficient (Wildman–Crippen LogP) is 2.07. The van der Waals surface area contributed by atoms with Crippen LogP contribution in [0.15, 0.2) is 35.7 Å². The Morgan fingerprint density at radius 2 is 2.04 bits per heavy atom. The molecule has 2 N–H and O–H groups in total. The standard InChI is InChI=1S/C17H21N5O2S/c1-11(12-3-4-12)19-16(24)13-5-7-14(8-6-13)20-15(23)9-25-17-21-18-10-22(17)2/h5-8,10-12H,3-4,9H2,1-2H3,(H,19,24)(H,20,23)/t11-/m0/s1. The van der Waals surface area contributed by atoms with Crippen LogP contribution in [-0.4, -0.2) is 38.4 Å². The van der Waals surface area contributed by atoms with Crippen LogP contribution >= 0.6 is 11.8 Å². The van der Waals surface area contributed by atoms with Crippen LogP contribution in [0.2, 0.25) is 0 Å². The molecule has 0 saturated heterocycles. The molecule has 0 radical (unpaired) electrons. The van der Waals surface area contributed by atoms with Crippen molar-refractivity contribution in [3.63, 3.8) is 0 Å². The van der Waals surface area contributed by atoms with Crippen LogP contribution in [0.3, 0.4) is 0 Å². The number of hydrogen-bond acceptors (Lipinski definition) is 5. The minimum Gasteiger partial charge on any atom is -0.349 e. The maximum Gasteiger partial charge on any atom is 0.251 e. The van der Waals surface area contributed by atoms with Crippen LogP contribution in [0, 0.1) is 5.92 Å². The van der Waals surface area contributed by atoms with E-state index in [1.54, 1.807) is 35.2 Å². The SMILES string of the molecule is C[C@H](NC(=O)c1ccc(NC(=O)CSc2nncn2C)cc1)C1CC1. The van der Waals surface area contributed by atoms with Gasteiger partial charge >= 0.3 is 0 Å². The largest absolute Gasteiger partial charge is 0.349 e. The summed E-state index contributed by atoms with van der Waals surface area (Å²) in [4.78, 5) is 24.2. The van der Waals surface area contributed by atoms with Gasteiger partial charge in [0, 0.05) is 24.3 Å². The molecule has 0 aliphatic heterocycles. The number of anilines is 1. The maximum atomic E-state index is 12.2. The van der Waals surface area contributed by atoms with E-state index in [-0.39, 0.29) is 23.6 Å². The number of aromatic nitrogens is 3. The molecule has 1 heterocycles. The van der Waals surface area contributed by atoms with Crippen molar-refractivity contribution in [2.75, 3.05) is 11.1 Å². The van der Waals surface area contributed by atoms with Crippen molar-refractivity contribution >= 4 is 29.3 Å². The number of benzene rings is 1. The highest BCUT2D eigenvalue weighted by molar-refractivity contribution is 7.99. The molecule has 1 aliphatic carbocycles. The summed E-state index contributed by atoms with van der Waals surface area (Å²) in [7, 11) is 1.83. The molecule has 2 aromatic rings. The zero-order valence-corrected chi connectivity index (χ0v) is 15.0. The zero-order valence-electron chi connectivity index (χ0n) is 14.2. The Morgan fingerprint density at radius 1 is 1.32 bits per heavy atom. The fourth-order valence-electron chi connectivity index (χ4n) is 2.44. The van der Waals surface area contributed by atoms with Crippen LogP contribution < -0.4 is 10.6 Å². The third kappa shape index (κ3) is 4.82. The Bertz CT molecular complexity index is 755. The van der Waals surface area contributed by atoms with Gasteiger partial charge in [-0.2, -0.15) is 0 Å². The topological polar surface area (TPSA) is 88.9 Å². The van der Waals surface area contributed by atoms with E-state index < -0.39 is 0 Å². The highest BCUT2D eigenvalue weighted by Gasteiger charge is 2.29. The van der Waals surface area contributed by atoms with E-state index in [9.17, 15) is 9.59 Å². The van der Waals surface area contributed by atoms with Crippen LogP contribution in [0.1, 0.15) is 30.1 Å². The maximum absolute atomic E-state index is 12.2. The summed E-state index contributed by atoms with van der Waals surface area (Å²) in [5, 5.41) is 14.2. The summed E-state index contributed by atoms with van der Waals surface area (Å²) in [6.07, 6.45) is 3.98. The molecule has 132 valence electrons. The summed E-state index contributed by atoms with van der Waals surface area (Å²) in [5.74, 6) is 0.657. The Hall–Kier alpha value is -2.35. The van der Waals surface area contributed by atoms with E-state index >= 15 is 0 Å². The average Bonchev–Trinajstić information content (AvgIpc) is 3.36. The minimum absolute atomic E-state index is 0.0740. The minimum atomic E-state index is -0.132. The number of nitrogens with zero attached hydrogens (tertiary/aromatic N) is 3. The normalized spacial score (nSPS) is 14.8. The lowest BCUT2D eigenvalue weighted by Crippen LogP contribution is -2.33. The van der Waals surface area contributed by atoms with Gasteiger partial charge in [0.05, 0.1) is 5.75 Å². The van der Waals surface area contributed by atoms with Crippen molar-refractivity contribution in [2.24, 2.45) is 13.0 Å². The first-order valence-electron chi connectivity index (χ1n) is 8.20. The molecule has 25 heavy (non-hydrogen) atoms. The molecule has 1 fully saturated rings. The fourth-order valence-corrected chi connectivity index (χ4v) is 3.13. The van der Waals surface area contributed by atoms with Crippen molar-refractivity contribution in [2.45, 2.75) is 31.0 Å². The van der Waals surface area contributed by atoms with E-state index in [2.05, 4.69) is 20.8 Å². The Morgan fingerprint density at radius 3 is 2.64 bits per heavy atom. The average molecular weight is 359 g/mol. The molecule has 7 nitrogen and oxygen atoms in total. The molecule has 8 heteroatoms. The Balaban J connectivity index is 1.48. The first kappa shape index (κ1) is 17.5. The highest BCUT2D eigenvalue weighted by atomic mass is 32.2. The van der Waals surface area contributed by atoms with E-state index in [1.165, 1.54) is 24.6 Å². The number of thioether (sulfide) groups is 1. The number of carbonyl (C=O) groups excluding carboxylic acids is 2. The first-order chi connectivity index (χ1) is 12.0. The number of amides is 2. The first-order valence-corrected chi connectivity index (χ1v) is 9.19. The molecule has 0 bridgehead atoms. The molecular weight excluding hydrogens is 338 g/mol. The molecule has 3 rings (SSSR count). The van der Waals surface area contributed by atoms with Gasteiger partial charge in [0.1, 0.15) is 6.33 Å². The molecule has 0 unspecified atom stereocenters. The van der Waals surface area contributed by atoms with Crippen molar-refractivity contribution in [1.82, 2.24) is 20.1 Å². The number of hydrogen-bond donors (Lipinski definition) is 2. The lowest BCUT2D eigenvalue weighted by Gasteiger charge is -2.13. The van der Waals surface area contributed by atoms with Gasteiger partial charge in [-0.15, -0.1) is 10.2 Å². The summed E-state index contributed by atoms with van der Waals surface area (Å²) in [6.45, 7) is 2.04. The monoisotopic (exact) mass is 359 g/mol. The van der Waals surface area contributed by atoms with E-state index in [1.807, 2.05) is 14.0 Å². The molecule has 0 spiro atoms. The van der Waals surface area contributed by atoms with Gasteiger partial charge in [-0.25, -0.2) is 0 Å². The number of rotatable bonds is 7. The molecule has 1 atom stereocenters. The summed E-state index contributed by atoms with van der Waals surface area (Å²) >= 11 is 1.32. The van der Waals surface area contributed by atoms with Gasteiger partial charge in [0.2, 0.25) is 5.91 Å². The van der Waals surface area contributed by atoms with Crippen molar-refractivity contribution in [3.8, 4) is 0 Å². The third-order valence-electron chi connectivity index (χ3n) is 4.12. The second-order valence-electron chi connectivity index (χ2n) is 6.24. The van der Waals surface area contributed by atoms with E-state index in [0.717, 1.165) is 0 Å². The lowest BCUT2D eigenvalue weighted by atomic mass is 10.1. The molecule has 1 aromatic carbocycles. The van der Waals surface area contributed by atoms with Crippen LogP contribution in [0.25, 0.3) is 0 Å². The lowest BCUT2D eigenvalue weighted by molar-refractivity contribution is -0.113. The highest BCUT2D eigenvalue weighted by Crippen LogP contribution is 2.32. The zero-order chi connectivity index (χ0) is 17.8. The summed E-state index contributed by atoms with van der Waals surface area (Å²) < 4.78 is 1.76. The van der Waals surface area contributed by atoms with Crippen LogP contribution in [-0.2, 0) is 11.8 Å². The van der Waals surface area contributed by atoms with Gasteiger partial charge in [-0.1, -0.05) is 11.8 Å². The van der Waals surface area contributed by atoms with Crippen LogP contribution in [0.4, 0.5) is 5.69 Å². The van der Waals surface area contributed by atoms with E-state index in [4.69, 9.17) is 0 Å². The number of aryl methyl sites for hydroxylation is 1. The molecule has 1 aromatic heterocycles. The summed E-state index contributed by atoms with van der Waals surface area (Å²) in [6, 6.07) is 7.13. The molecular formula is C17H21N5O2S. The van der Waals surface area contributed by atoms with E-state index in [0.29, 0.717) is 22.3 Å². The molecule has 1 aliphatic rings. The van der Waals surface area contributed by atoms with Gasteiger partial charge in [0.15, 0.2) is 5.16 Å².